The topological polar surface area (TPSA) is 32.3 Å². The standard InChI is InChI=1S/C11H25NO/c1-5-6-10(2)12-9-11(3,4)7-8-13/h10,12-13H,5-9H2,1-4H3. The van der Waals surface area contributed by atoms with E-state index in [0.717, 1.165) is 13.0 Å². The van der Waals surface area contributed by atoms with E-state index in [4.69, 9.17) is 5.11 Å². The summed E-state index contributed by atoms with van der Waals surface area (Å²) in [5, 5.41) is 12.3. The van der Waals surface area contributed by atoms with E-state index in [1.807, 2.05) is 0 Å². The van der Waals surface area contributed by atoms with E-state index < -0.39 is 0 Å². The van der Waals surface area contributed by atoms with Crippen molar-refractivity contribution in [2.75, 3.05) is 13.2 Å². The van der Waals surface area contributed by atoms with E-state index in [2.05, 4.69) is 33.0 Å². The molecule has 1 atom stereocenters. The molecule has 0 aliphatic carbocycles. The molecule has 0 fully saturated rings. The maximum Gasteiger partial charge on any atom is 0.0436 e. The molecule has 0 spiro atoms. The van der Waals surface area contributed by atoms with Crippen LogP contribution in [0.1, 0.15) is 47.0 Å². The second-order valence-electron chi connectivity index (χ2n) is 4.71. The van der Waals surface area contributed by atoms with Crippen LogP contribution in [0, 0.1) is 5.41 Å². The molecule has 0 aliphatic rings. The summed E-state index contributed by atoms with van der Waals surface area (Å²) < 4.78 is 0. The predicted molar refractivity (Wildman–Crippen MR) is 57.9 cm³/mol. The van der Waals surface area contributed by atoms with E-state index in [1.54, 1.807) is 0 Å². The first-order chi connectivity index (χ1) is 6.02. The normalized spacial score (nSPS) is 14.5. The van der Waals surface area contributed by atoms with Gasteiger partial charge in [-0.2, -0.15) is 0 Å². The van der Waals surface area contributed by atoms with Crippen molar-refractivity contribution in [2.24, 2.45) is 5.41 Å². The van der Waals surface area contributed by atoms with Crippen LogP contribution in [0.2, 0.25) is 0 Å². The van der Waals surface area contributed by atoms with Crippen LogP contribution < -0.4 is 5.32 Å². The minimum Gasteiger partial charge on any atom is -0.396 e. The zero-order chi connectivity index (χ0) is 10.3. The maximum atomic E-state index is 8.84. The minimum absolute atomic E-state index is 0.219. The van der Waals surface area contributed by atoms with Crippen LogP contribution in [0.25, 0.3) is 0 Å². The van der Waals surface area contributed by atoms with Gasteiger partial charge >= 0.3 is 0 Å². The molecule has 1 unspecified atom stereocenters. The van der Waals surface area contributed by atoms with Gasteiger partial charge in [0.15, 0.2) is 0 Å². The highest BCUT2D eigenvalue weighted by molar-refractivity contribution is 4.73. The van der Waals surface area contributed by atoms with Crippen molar-refractivity contribution < 1.29 is 5.11 Å². The Kier molecular flexibility index (Phi) is 6.35. The molecule has 0 radical (unpaired) electrons. The van der Waals surface area contributed by atoms with Gasteiger partial charge in [0, 0.05) is 19.2 Å². The molecule has 80 valence electrons. The number of aliphatic hydroxyl groups is 1. The summed E-state index contributed by atoms with van der Waals surface area (Å²) in [5.41, 5.74) is 0.219. The van der Waals surface area contributed by atoms with Gasteiger partial charge in [-0.25, -0.2) is 0 Å². The molecule has 0 heterocycles. The van der Waals surface area contributed by atoms with E-state index >= 15 is 0 Å². The van der Waals surface area contributed by atoms with Gasteiger partial charge in [0.1, 0.15) is 0 Å². The summed E-state index contributed by atoms with van der Waals surface area (Å²) in [5.74, 6) is 0. The largest absolute Gasteiger partial charge is 0.396 e. The van der Waals surface area contributed by atoms with Crippen LogP contribution in [0.4, 0.5) is 0 Å². The Morgan fingerprint density at radius 1 is 1.38 bits per heavy atom. The van der Waals surface area contributed by atoms with Crippen LogP contribution in [0.3, 0.4) is 0 Å². The van der Waals surface area contributed by atoms with Crippen LogP contribution in [0.15, 0.2) is 0 Å². The third kappa shape index (κ3) is 7.03. The van der Waals surface area contributed by atoms with Crippen LogP contribution in [-0.2, 0) is 0 Å². The van der Waals surface area contributed by atoms with Crippen molar-refractivity contribution in [2.45, 2.75) is 53.0 Å². The highest BCUT2D eigenvalue weighted by Crippen LogP contribution is 2.18. The molecular weight excluding hydrogens is 162 g/mol. The second-order valence-corrected chi connectivity index (χ2v) is 4.71. The van der Waals surface area contributed by atoms with Crippen molar-refractivity contribution in [3.63, 3.8) is 0 Å². The maximum absolute atomic E-state index is 8.84. The summed E-state index contributed by atoms with van der Waals surface area (Å²) in [6.07, 6.45) is 3.34. The smallest absolute Gasteiger partial charge is 0.0436 e. The van der Waals surface area contributed by atoms with Gasteiger partial charge in [-0.05, 0) is 25.2 Å². The predicted octanol–water partition coefficient (Wildman–Crippen LogP) is 2.17. The van der Waals surface area contributed by atoms with Gasteiger partial charge in [-0.1, -0.05) is 27.2 Å². The Morgan fingerprint density at radius 3 is 2.46 bits per heavy atom. The summed E-state index contributed by atoms with van der Waals surface area (Å²) in [6, 6.07) is 0.600. The molecule has 0 rings (SSSR count). The number of rotatable bonds is 7. The zero-order valence-electron chi connectivity index (χ0n) is 9.56. The Labute approximate surface area is 82.7 Å². The Hall–Kier alpha value is -0.0800. The Morgan fingerprint density at radius 2 is 2.00 bits per heavy atom. The second kappa shape index (κ2) is 6.39. The zero-order valence-corrected chi connectivity index (χ0v) is 9.56. The van der Waals surface area contributed by atoms with E-state index in [1.165, 1.54) is 12.8 Å². The average molecular weight is 187 g/mol. The molecule has 0 aromatic carbocycles. The lowest BCUT2D eigenvalue weighted by Gasteiger charge is -2.26. The number of hydrogen-bond donors (Lipinski definition) is 2. The van der Waals surface area contributed by atoms with Crippen LogP contribution >= 0.6 is 0 Å². The van der Waals surface area contributed by atoms with Crippen LogP contribution in [-0.4, -0.2) is 24.3 Å². The summed E-state index contributed by atoms with van der Waals surface area (Å²) in [7, 11) is 0. The van der Waals surface area contributed by atoms with Crippen LogP contribution in [0.5, 0.6) is 0 Å². The minimum atomic E-state index is 0.219. The van der Waals surface area contributed by atoms with Crippen molar-refractivity contribution in [3.05, 3.63) is 0 Å². The molecule has 0 saturated heterocycles. The van der Waals surface area contributed by atoms with Gasteiger partial charge in [-0.3, -0.25) is 0 Å². The number of nitrogens with one attached hydrogen (secondary N) is 1. The van der Waals surface area contributed by atoms with Crippen molar-refractivity contribution in [3.8, 4) is 0 Å². The molecule has 2 N–H and O–H groups in total. The third-order valence-corrected chi connectivity index (χ3v) is 2.44. The third-order valence-electron chi connectivity index (χ3n) is 2.44. The average Bonchev–Trinajstić information content (AvgIpc) is 2.02. The van der Waals surface area contributed by atoms with E-state index in [-0.39, 0.29) is 12.0 Å². The summed E-state index contributed by atoms with van der Waals surface area (Å²) >= 11 is 0. The molecule has 2 nitrogen and oxygen atoms in total. The van der Waals surface area contributed by atoms with Gasteiger partial charge in [0.05, 0.1) is 0 Å². The fourth-order valence-electron chi connectivity index (χ4n) is 1.38. The molecule has 0 saturated carbocycles. The molecule has 0 aromatic rings. The van der Waals surface area contributed by atoms with E-state index in [0.29, 0.717) is 6.04 Å². The molecular formula is C11H25NO. The quantitative estimate of drug-likeness (QED) is 0.640. The number of hydrogen-bond acceptors (Lipinski definition) is 2. The molecule has 0 bridgehead atoms. The first kappa shape index (κ1) is 12.9. The lowest BCUT2D eigenvalue weighted by atomic mass is 9.89. The molecule has 0 amide bonds. The highest BCUT2D eigenvalue weighted by Gasteiger charge is 2.17. The first-order valence-electron chi connectivity index (χ1n) is 5.36. The van der Waals surface area contributed by atoms with Gasteiger partial charge in [0.2, 0.25) is 0 Å². The Bertz CT molecular complexity index is 123. The first-order valence-corrected chi connectivity index (χ1v) is 5.36. The van der Waals surface area contributed by atoms with E-state index in [9.17, 15) is 0 Å². The Balaban J connectivity index is 3.60. The molecule has 0 aliphatic heterocycles. The van der Waals surface area contributed by atoms with Crippen molar-refractivity contribution in [1.29, 1.82) is 0 Å². The van der Waals surface area contributed by atoms with Gasteiger partial charge < -0.3 is 10.4 Å². The molecule has 0 aromatic heterocycles. The molecule has 13 heavy (non-hydrogen) atoms. The SMILES string of the molecule is CCCC(C)NCC(C)(C)CCO. The van der Waals surface area contributed by atoms with Crippen molar-refractivity contribution in [1.82, 2.24) is 5.32 Å². The molecule has 2 heteroatoms. The summed E-state index contributed by atoms with van der Waals surface area (Å²) in [4.78, 5) is 0. The fourth-order valence-corrected chi connectivity index (χ4v) is 1.38. The number of aliphatic hydroxyl groups excluding tert-OH is 1. The monoisotopic (exact) mass is 187 g/mol. The highest BCUT2D eigenvalue weighted by atomic mass is 16.3. The lowest BCUT2D eigenvalue weighted by Crippen LogP contribution is -2.35. The van der Waals surface area contributed by atoms with Gasteiger partial charge in [0.25, 0.3) is 0 Å². The fraction of sp³-hybridized carbons (Fsp3) is 1.00. The van der Waals surface area contributed by atoms with Crippen molar-refractivity contribution >= 4 is 0 Å². The summed E-state index contributed by atoms with van der Waals surface area (Å²) in [6.45, 7) is 10.1. The van der Waals surface area contributed by atoms with Gasteiger partial charge in [-0.15, -0.1) is 0 Å². The lowest BCUT2D eigenvalue weighted by molar-refractivity contribution is 0.203.